The number of carbonyl (C=O) groups is 2. The van der Waals surface area contributed by atoms with Crippen molar-refractivity contribution in [1.82, 2.24) is 0 Å². The first-order valence-corrected chi connectivity index (χ1v) is 7.77. The minimum atomic E-state index is -1.02. The van der Waals surface area contributed by atoms with Crippen molar-refractivity contribution in [2.45, 2.75) is 52.1 Å². The number of anilines is 1. The topological polar surface area (TPSA) is 89.6 Å². The van der Waals surface area contributed by atoms with E-state index in [0.717, 1.165) is 36.8 Å². The van der Waals surface area contributed by atoms with Crippen LogP contribution in [-0.2, 0) is 22.4 Å². The maximum atomic E-state index is 11.8. The highest BCUT2D eigenvalue weighted by Gasteiger charge is 2.22. The number of nitrogens with two attached hydrogens (primary N) is 1. The third-order valence-corrected chi connectivity index (χ3v) is 3.74. The van der Waals surface area contributed by atoms with E-state index < -0.39 is 17.5 Å². The fraction of sp³-hybridized carbons (Fsp3) is 0.444. The van der Waals surface area contributed by atoms with Gasteiger partial charge in [0.1, 0.15) is 5.60 Å². The first-order chi connectivity index (χ1) is 10.7. The molecule has 2 rings (SSSR count). The van der Waals surface area contributed by atoms with Crippen LogP contribution in [0.2, 0.25) is 0 Å². The number of ether oxygens (including phenoxy) is 1. The van der Waals surface area contributed by atoms with Crippen LogP contribution >= 0.6 is 0 Å². The molecular weight excluding hydrogens is 294 g/mol. The van der Waals surface area contributed by atoms with Gasteiger partial charge in [-0.1, -0.05) is 0 Å². The molecule has 0 radical (unpaired) electrons. The minimum Gasteiger partial charge on any atom is -0.478 e. The van der Waals surface area contributed by atoms with E-state index in [1.807, 2.05) is 6.07 Å². The Kier molecular flexibility index (Phi) is 4.78. The molecule has 0 spiro atoms. The molecule has 0 saturated heterocycles. The highest BCUT2D eigenvalue weighted by Crippen LogP contribution is 2.32. The molecule has 0 aliphatic heterocycles. The molecule has 0 aromatic heterocycles. The number of carboxylic acids is 1. The highest BCUT2D eigenvalue weighted by molar-refractivity contribution is 5.99. The molecule has 0 bridgehead atoms. The number of aromatic carboxylic acids is 1. The van der Waals surface area contributed by atoms with Crippen LogP contribution < -0.4 is 5.73 Å². The number of benzene rings is 1. The molecule has 1 aromatic rings. The summed E-state index contributed by atoms with van der Waals surface area (Å²) in [5, 5.41) is 9.48. The van der Waals surface area contributed by atoms with Crippen molar-refractivity contribution in [2.24, 2.45) is 0 Å². The lowest BCUT2D eigenvalue weighted by atomic mass is 9.85. The van der Waals surface area contributed by atoms with Gasteiger partial charge in [-0.3, -0.25) is 0 Å². The van der Waals surface area contributed by atoms with Crippen molar-refractivity contribution in [2.75, 3.05) is 5.73 Å². The van der Waals surface area contributed by atoms with Gasteiger partial charge in [0.25, 0.3) is 0 Å². The summed E-state index contributed by atoms with van der Waals surface area (Å²) in [5.41, 5.74) is 8.23. The van der Waals surface area contributed by atoms with Crippen LogP contribution in [0.1, 0.15) is 60.7 Å². The molecular formula is C18H23NO4. The van der Waals surface area contributed by atoms with Gasteiger partial charge in [0.15, 0.2) is 0 Å². The first-order valence-electron chi connectivity index (χ1n) is 7.77. The van der Waals surface area contributed by atoms with Crippen molar-refractivity contribution in [3.8, 4) is 0 Å². The molecule has 0 saturated carbocycles. The second-order valence-electron chi connectivity index (χ2n) is 6.77. The lowest BCUT2D eigenvalue weighted by molar-refractivity contribution is -0.148. The highest BCUT2D eigenvalue weighted by atomic mass is 16.6. The fourth-order valence-electron chi connectivity index (χ4n) is 2.82. The summed E-state index contributed by atoms with van der Waals surface area (Å²) in [5.74, 6) is -1.50. The number of aryl methyl sites for hydroxylation is 1. The zero-order chi connectivity index (χ0) is 17.2. The van der Waals surface area contributed by atoms with Crippen molar-refractivity contribution in [3.63, 3.8) is 0 Å². The molecule has 0 unspecified atom stereocenters. The average molecular weight is 317 g/mol. The molecule has 23 heavy (non-hydrogen) atoms. The second-order valence-corrected chi connectivity index (χ2v) is 6.77. The zero-order valence-electron chi connectivity index (χ0n) is 13.8. The second kappa shape index (κ2) is 6.44. The SMILES string of the molecule is CC(C)(C)OC(=O)/C=C/c1cc2c(c(C(=O)O)c1N)CCCC2. The third kappa shape index (κ3) is 4.12. The predicted octanol–water partition coefficient (Wildman–Crippen LogP) is 3.20. The molecule has 0 heterocycles. The van der Waals surface area contributed by atoms with E-state index in [9.17, 15) is 14.7 Å². The molecule has 1 aliphatic carbocycles. The summed E-state index contributed by atoms with van der Waals surface area (Å²) in [6.45, 7) is 5.36. The van der Waals surface area contributed by atoms with Gasteiger partial charge in [-0.05, 0) is 75.3 Å². The van der Waals surface area contributed by atoms with Crippen LogP contribution in [0.4, 0.5) is 5.69 Å². The van der Waals surface area contributed by atoms with Crippen LogP contribution in [0, 0.1) is 0 Å². The molecule has 1 aromatic carbocycles. The van der Waals surface area contributed by atoms with E-state index in [2.05, 4.69) is 0 Å². The van der Waals surface area contributed by atoms with E-state index in [0.29, 0.717) is 5.56 Å². The summed E-state index contributed by atoms with van der Waals surface area (Å²) < 4.78 is 5.21. The number of fused-ring (bicyclic) bond motifs is 1. The Labute approximate surface area is 136 Å². The standard InChI is InChI=1S/C18H23NO4/c1-18(2,3)23-14(20)9-8-12-10-11-6-4-5-7-13(11)15(16(12)19)17(21)22/h8-10H,4-7,19H2,1-3H3,(H,21,22)/b9-8+. The van der Waals surface area contributed by atoms with Crippen LogP contribution in [0.15, 0.2) is 12.1 Å². The number of hydrogen-bond donors (Lipinski definition) is 2. The summed E-state index contributed by atoms with van der Waals surface area (Å²) in [6, 6.07) is 1.89. The summed E-state index contributed by atoms with van der Waals surface area (Å²) >= 11 is 0. The Balaban J connectivity index is 2.38. The maximum absolute atomic E-state index is 11.8. The van der Waals surface area contributed by atoms with Crippen LogP contribution in [0.3, 0.4) is 0 Å². The number of nitrogen functional groups attached to an aromatic ring is 1. The van der Waals surface area contributed by atoms with Crippen molar-refractivity contribution in [1.29, 1.82) is 0 Å². The van der Waals surface area contributed by atoms with Gasteiger partial charge < -0.3 is 15.6 Å². The van der Waals surface area contributed by atoms with Crippen molar-refractivity contribution in [3.05, 3.63) is 34.4 Å². The molecule has 124 valence electrons. The van der Waals surface area contributed by atoms with E-state index in [4.69, 9.17) is 10.5 Å². The van der Waals surface area contributed by atoms with Crippen molar-refractivity contribution >= 4 is 23.7 Å². The summed E-state index contributed by atoms with van der Waals surface area (Å²) in [7, 11) is 0. The maximum Gasteiger partial charge on any atom is 0.338 e. The van der Waals surface area contributed by atoms with E-state index in [1.165, 1.54) is 12.2 Å². The Morgan fingerprint density at radius 1 is 1.26 bits per heavy atom. The molecule has 1 aliphatic rings. The lowest BCUT2D eigenvalue weighted by Crippen LogP contribution is -2.22. The molecule has 3 N–H and O–H groups in total. The molecule has 0 fully saturated rings. The van der Waals surface area contributed by atoms with Crippen LogP contribution in [-0.4, -0.2) is 22.6 Å². The predicted molar refractivity (Wildman–Crippen MR) is 89.3 cm³/mol. The smallest absolute Gasteiger partial charge is 0.338 e. The number of rotatable bonds is 3. The van der Waals surface area contributed by atoms with Gasteiger partial charge in [0.2, 0.25) is 0 Å². The van der Waals surface area contributed by atoms with Crippen LogP contribution in [0.5, 0.6) is 0 Å². The normalized spacial score (nSPS) is 14.6. The van der Waals surface area contributed by atoms with Crippen molar-refractivity contribution < 1.29 is 19.4 Å². The van der Waals surface area contributed by atoms with Gasteiger partial charge in [-0.25, -0.2) is 9.59 Å². The third-order valence-electron chi connectivity index (χ3n) is 3.74. The Hall–Kier alpha value is -2.30. The summed E-state index contributed by atoms with van der Waals surface area (Å²) in [4.78, 5) is 23.4. The lowest BCUT2D eigenvalue weighted by Gasteiger charge is -2.21. The fourth-order valence-corrected chi connectivity index (χ4v) is 2.82. The first kappa shape index (κ1) is 17.1. The largest absolute Gasteiger partial charge is 0.478 e. The van der Waals surface area contributed by atoms with Gasteiger partial charge in [0, 0.05) is 6.08 Å². The summed E-state index contributed by atoms with van der Waals surface area (Å²) in [6.07, 6.45) is 6.40. The Bertz CT molecular complexity index is 669. The van der Waals surface area contributed by atoms with Crippen LogP contribution in [0.25, 0.3) is 6.08 Å². The zero-order valence-corrected chi connectivity index (χ0v) is 13.8. The van der Waals surface area contributed by atoms with Gasteiger partial charge in [0.05, 0.1) is 11.3 Å². The van der Waals surface area contributed by atoms with Gasteiger partial charge in [-0.2, -0.15) is 0 Å². The molecule has 5 nitrogen and oxygen atoms in total. The van der Waals surface area contributed by atoms with E-state index in [1.54, 1.807) is 20.8 Å². The quantitative estimate of drug-likeness (QED) is 0.507. The number of carboxylic acid groups (broad SMARTS) is 1. The monoisotopic (exact) mass is 317 g/mol. The molecule has 0 amide bonds. The Morgan fingerprint density at radius 2 is 1.91 bits per heavy atom. The molecule has 5 heteroatoms. The van der Waals surface area contributed by atoms with E-state index in [-0.39, 0.29) is 11.3 Å². The average Bonchev–Trinajstić information content (AvgIpc) is 2.42. The number of esters is 1. The number of hydrogen-bond acceptors (Lipinski definition) is 4. The Morgan fingerprint density at radius 3 is 2.52 bits per heavy atom. The van der Waals surface area contributed by atoms with E-state index >= 15 is 0 Å². The molecule has 0 atom stereocenters. The number of carbonyl (C=O) groups excluding carboxylic acids is 1. The minimum absolute atomic E-state index is 0.172. The van der Waals surface area contributed by atoms with Gasteiger partial charge >= 0.3 is 11.9 Å². The van der Waals surface area contributed by atoms with Gasteiger partial charge in [-0.15, -0.1) is 0 Å².